The number of rotatable bonds is 2. The van der Waals surface area contributed by atoms with Crippen LogP contribution in [0.5, 0.6) is 0 Å². The number of carboxylic acids is 1. The van der Waals surface area contributed by atoms with Crippen LogP contribution in [0.15, 0.2) is 24.3 Å². The lowest BCUT2D eigenvalue weighted by molar-refractivity contribution is 0.0688. The third-order valence-electron chi connectivity index (χ3n) is 3.96. The Morgan fingerprint density at radius 1 is 1.29 bits per heavy atom. The van der Waals surface area contributed by atoms with E-state index in [4.69, 9.17) is 11.6 Å². The predicted molar refractivity (Wildman–Crippen MR) is 86.2 cm³/mol. The highest BCUT2D eigenvalue weighted by Crippen LogP contribution is 2.42. The molecule has 1 aliphatic rings. The van der Waals surface area contributed by atoms with Gasteiger partial charge in [-0.25, -0.2) is 18.3 Å². The molecule has 122 valence electrons. The molecular formula is C16H9ClF2N2O2S. The molecule has 8 heteroatoms. The average molecular weight is 367 g/mol. The van der Waals surface area contributed by atoms with Crippen molar-refractivity contribution in [2.24, 2.45) is 0 Å². The lowest BCUT2D eigenvalue weighted by Gasteiger charge is -2.15. The normalized spacial score (nSPS) is 12.8. The fourth-order valence-corrected chi connectivity index (χ4v) is 4.25. The van der Waals surface area contributed by atoms with Crippen LogP contribution in [0, 0.1) is 11.6 Å². The Balaban J connectivity index is 2.04. The topological polar surface area (TPSA) is 55.1 Å². The molecule has 24 heavy (non-hydrogen) atoms. The monoisotopic (exact) mass is 366 g/mol. The second kappa shape index (κ2) is 5.39. The first-order valence-corrected chi connectivity index (χ1v) is 8.24. The first kappa shape index (κ1) is 15.3. The fraction of sp³-hybridized carbons (Fsp3) is 0.125. The third kappa shape index (κ3) is 2.23. The van der Waals surface area contributed by atoms with Gasteiger partial charge < -0.3 is 5.11 Å². The molecule has 0 amide bonds. The number of nitrogens with zero attached hydrogens (tertiary/aromatic N) is 2. The summed E-state index contributed by atoms with van der Waals surface area (Å²) in [6, 6.07) is 4.82. The van der Waals surface area contributed by atoms with E-state index in [1.54, 1.807) is 6.07 Å². The predicted octanol–water partition coefficient (Wildman–Crippen LogP) is 4.33. The number of carboxylic acid groups (broad SMARTS) is 1. The summed E-state index contributed by atoms with van der Waals surface area (Å²) in [7, 11) is 0. The Labute approximate surface area is 143 Å². The van der Waals surface area contributed by atoms with E-state index in [2.05, 4.69) is 5.10 Å². The number of benzene rings is 1. The molecule has 1 aliphatic carbocycles. The Bertz CT molecular complexity index is 996. The maximum Gasteiger partial charge on any atom is 0.356 e. The first-order chi connectivity index (χ1) is 11.5. The summed E-state index contributed by atoms with van der Waals surface area (Å²) in [5, 5.41) is 13.5. The first-order valence-electron chi connectivity index (χ1n) is 7.05. The van der Waals surface area contributed by atoms with E-state index in [0.29, 0.717) is 28.4 Å². The summed E-state index contributed by atoms with van der Waals surface area (Å²) in [5.74, 6) is -2.71. The number of halogens is 3. The molecule has 0 bridgehead atoms. The van der Waals surface area contributed by atoms with E-state index in [9.17, 15) is 18.7 Å². The smallest absolute Gasteiger partial charge is 0.356 e. The Kier molecular flexibility index (Phi) is 3.43. The standard InChI is InChI=1S/C16H9ClF2N2O2S/c17-13-6-9-12(24-13)4-2-8-14(16(22)23)20-21(15(8)9)11-3-1-7(18)5-10(11)19/h1,3,5-6H,2,4H2,(H,22,23). The van der Waals surface area contributed by atoms with E-state index in [1.165, 1.54) is 22.1 Å². The van der Waals surface area contributed by atoms with Gasteiger partial charge in [0, 0.05) is 22.1 Å². The number of aryl methyl sites for hydroxylation is 1. The molecule has 4 rings (SSSR count). The molecule has 0 saturated heterocycles. The molecule has 0 atom stereocenters. The molecule has 0 saturated carbocycles. The summed E-state index contributed by atoms with van der Waals surface area (Å²) in [6.45, 7) is 0. The minimum Gasteiger partial charge on any atom is -0.476 e. The average Bonchev–Trinajstić information content (AvgIpc) is 3.06. The maximum atomic E-state index is 14.2. The van der Waals surface area contributed by atoms with Crippen molar-refractivity contribution in [3.05, 3.63) is 56.4 Å². The minimum absolute atomic E-state index is 0.00433. The van der Waals surface area contributed by atoms with Gasteiger partial charge in [-0.3, -0.25) is 0 Å². The summed E-state index contributed by atoms with van der Waals surface area (Å²) in [5.41, 5.74) is 1.66. The molecule has 2 heterocycles. The van der Waals surface area contributed by atoms with Gasteiger partial charge in [0.15, 0.2) is 11.5 Å². The summed E-state index contributed by atoms with van der Waals surface area (Å²) < 4.78 is 29.2. The highest BCUT2D eigenvalue weighted by Gasteiger charge is 2.30. The second-order valence-corrected chi connectivity index (χ2v) is 7.14. The van der Waals surface area contributed by atoms with Crippen molar-refractivity contribution in [2.45, 2.75) is 12.8 Å². The molecule has 0 spiro atoms. The fourth-order valence-electron chi connectivity index (χ4n) is 2.98. The summed E-state index contributed by atoms with van der Waals surface area (Å²) in [4.78, 5) is 12.5. The zero-order valence-electron chi connectivity index (χ0n) is 12.0. The van der Waals surface area contributed by atoms with Gasteiger partial charge in [-0.05, 0) is 31.0 Å². The molecule has 3 aromatic rings. The van der Waals surface area contributed by atoms with Gasteiger partial charge in [0.05, 0.1) is 10.0 Å². The van der Waals surface area contributed by atoms with Crippen molar-refractivity contribution in [3.63, 3.8) is 0 Å². The minimum atomic E-state index is -1.18. The van der Waals surface area contributed by atoms with Crippen LogP contribution in [0.3, 0.4) is 0 Å². The molecule has 0 unspecified atom stereocenters. The van der Waals surface area contributed by atoms with Crippen LogP contribution in [0.25, 0.3) is 16.9 Å². The van der Waals surface area contributed by atoms with Gasteiger partial charge in [0.25, 0.3) is 0 Å². The van der Waals surface area contributed by atoms with Crippen molar-refractivity contribution in [3.8, 4) is 16.9 Å². The lowest BCUT2D eigenvalue weighted by Crippen LogP contribution is -2.07. The number of carbonyl (C=O) groups is 1. The Hall–Kier alpha value is -2.25. The van der Waals surface area contributed by atoms with Gasteiger partial charge >= 0.3 is 5.97 Å². The molecule has 2 aromatic heterocycles. The van der Waals surface area contributed by atoms with E-state index >= 15 is 0 Å². The molecule has 1 aromatic carbocycles. The Morgan fingerprint density at radius 3 is 2.79 bits per heavy atom. The number of thiophene rings is 1. The quantitative estimate of drug-likeness (QED) is 0.734. The van der Waals surface area contributed by atoms with Gasteiger partial charge in [0.1, 0.15) is 11.5 Å². The second-order valence-electron chi connectivity index (χ2n) is 5.38. The molecule has 0 radical (unpaired) electrons. The van der Waals surface area contributed by atoms with Crippen LogP contribution in [0.2, 0.25) is 4.34 Å². The number of aromatic carboxylic acids is 1. The van der Waals surface area contributed by atoms with E-state index in [1.807, 2.05) is 0 Å². The van der Waals surface area contributed by atoms with E-state index < -0.39 is 17.6 Å². The van der Waals surface area contributed by atoms with Gasteiger partial charge in [-0.2, -0.15) is 5.10 Å². The van der Waals surface area contributed by atoms with Gasteiger partial charge in [-0.15, -0.1) is 11.3 Å². The van der Waals surface area contributed by atoms with Gasteiger partial charge in [0.2, 0.25) is 0 Å². The van der Waals surface area contributed by atoms with Crippen LogP contribution in [0.1, 0.15) is 20.9 Å². The van der Waals surface area contributed by atoms with Crippen LogP contribution in [-0.2, 0) is 12.8 Å². The summed E-state index contributed by atoms with van der Waals surface area (Å²) >= 11 is 7.49. The van der Waals surface area contributed by atoms with Crippen LogP contribution in [-0.4, -0.2) is 20.9 Å². The van der Waals surface area contributed by atoms with E-state index in [0.717, 1.165) is 22.6 Å². The number of fused-ring (bicyclic) bond motifs is 3. The van der Waals surface area contributed by atoms with Crippen molar-refractivity contribution in [2.75, 3.05) is 0 Å². The van der Waals surface area contributed by atoms with Crippen molar-refractivity contribution < 1.29 is 18.7 Å². The highest BCUT2D eigenvalue weighted by atomic mass is 35.5. The zero-order chi connectivity index (χ0) is 17.0. The van der Waals surface area contributed by atoms with Crippen LogP contribution >= 0.6 is 22.9 Å². The Morgan fingerprint density at radius 2 is 2.08 bits per heavy atom. The van der Waals surface area contributed by atoms with Crippen LogP contribution in [0.4, 0.5) is 8.78 Å². The molecule has 4 nitrogen and oxygen atoms in total. The number of hydrogen-bond acceptors (Lipinski definition) is 3. The number of aromatic nitrogens is 2. The number of hydrogen-bond donors (Lipinski definition) is 1. The summed E-state index contributed by atoms with van der Waals surface area (Å²) in [6.07, 6.45) is 1.13. The third-order valence-corrected chi connectivity index (χ3v) is 5.28. The SMILES string of the molecule is O=C(O)c1nn(-c2ccc(F)cc2F)c2c1CCc1sc(Cl)cc1-2. The van der Waals surface area contributed by atoms with E-state index in [-0.39, 0.29) is 11.4 Å². The maximum absolute atomic E-state index is 14.2. The van der Waals surface area contributed by atoms with Crippen molar-refractivity contribution >= 4 is 28.9 Å². The molecule has 0 aliphatic heterocycles. The van der Waals surface area contributed by atoms with Crippen molar-refractivity contribution in [1.82, 2.24) is 9.78 Å². The largest absolute Gasteiger partial charge is 0.476 e. The highest BCUT2D eigenvalue weighted by molar-refractivity contribution is 7.16. The molecule has 1 N–H and O–H groups in total. The zero-order valence-corrected chi connectivity index (χ0v) is 13.6. The molecule has 0 fully saturated rings. The van der Waals surface area contributed by atoms with Crippen molar-refractivity contribution in [1.29, 1.82) is 0 Å². The lowest BCUT2D eigenvalue weighted by atomic mass is 9.94. The molecular weight excluding hydrogens is 358 g/mol. The van der Waals surface area contributed by atoms with Gasteiger partial charge in [-0.1, -0.05) is 11.6 Å². The van der Waals surface area contributed by atoms with Crippen LogP contribution < -0.4 is 0 Å².